The van der Waals surface area contributed by atoms with Crippen LogP contribution in [0.2, 0.25) is 0 Å². The number of rotatable bonds is 4. The van der Waals surface area contributed by atoms with Crippen LogP contribution in [0.3, 0.4) is 0 Å². The minimum atomic E-state index is -1.88. The van der Waals surface area contributed by atoms with Gasteiger partial charge in [-0.3, -0.25) is 0 Å². The average Bonchev–Trinajstić information content (AvgIpc) is 2.99. The average molecular weight is 429 g/mol. The fourth-order valence-corrected chi connectivity index (χ4v) is 2.88. The molecule has 2 N–H and O–H groups in total. The van der Waals surface area contributed by atoms with E-state index in [9.17, 15) is 18.0 Å². The van der Waals surface area contributed by atoms with Crippen molar-refractivity contribution in [1.29, 1.82) is 0 Å². The number of imidazole rings is 1. The number of pyridine rings is 1. The number of carbonyl (C=O) groups is 1. The third kappa shape index (κ3) is 3.00. The summed E-state index contributed by atoms with van der Waals surface area (Å²) < 4.78 is 43.6. The summed E-state index contributed by atoms with van der Waals surface area (Å²) >= 11 is 3.20. The molecule has 0 aliphatic carbocycles. The predicted molar refractivity (Wildman–Crippen MR) is 92.2 cm³/mol. The Morgan fingerprint density at radius 3 is 2.54 bits per heavy atom. The summed E-state index contributed by atoms with van der Waals surface area (Å²) in [5.74, 6) is -6.79. The van der Waals surface area contributed by atoms with E-state index >= 15 is 0 Å². The second-order valence-corrected chi connectivity index (χ2v) is 6.56. The number of carboxylic acid groups (broad SMARTS) is 1. The van der Waals surface area contributed by atoms with Gasteiger partial charge in [0.2, 0.25) is 0 Å². The van der Waals surface area contributed by atoms with Crippen molar-refractivity contribution in [2.24, 2.45) is 0 Å². The zero-order valence-corrected chi connectivity index (χ0v) is 15.1. The molecule has 0 spiro atoms. The molecule has 0 radical (unpaired) electrons. The Kier molecular flexibility index (Phi) is 4.61. The number of hydrogen-bond donors (Lipinski definition) is 2. The molecule has 0 saturated carbocycles. The first kappa shape index (κ1) is 18.2. The van der Waals surface area contributed by atoms with Crippen LogP contribution in [0.25, 0.3) is 11.0 Å². The maximum Gasteiger partial charge on any atom is 0.338 e. The Morgan fingerprint density at radius 1 is 1.23 bits per heavy atom. The van der Waals surface area contributed by atoms with Crippen LogP contribution in [0, 0.1) is 17.5 Å². The Hall–Kier alpha value is -2.62. The van der Waals surface area contributed by atoms with E-state index in [1.807, 2.05) is 13.8 Å². The van der Waals surface area contributed by atoms with Gasteiger partial charge in [-0.25, -0.2) is 27.9 Å². The van der Waals surface area contributed by atoms with E-state index in [2.05, 4.69) is 31.2 Å². The topological polar surface area (TPSA) is 80.0 Å². The van der Waals surface area contributed by atoms with Crippen molar-refractivity contribution in [2.45, 2.75) is 19.9 Å². The van der Waals surface area contributed by atoms with Crippen LogP contribution < -0.4 is 5.32 Å². The number of aromatic nitrogens is 3. The van der Waals surface area contributed by atoms with Crippen LogP contribution in [0.15, 0.2) is 23.1 Å². The molecule has 1 aromatic carbocycles. The number of halogens is 4. The molecule has 3 rings (SSSR count). The Bertz CT molecular complexity index is 1040. The van der Waals surface area contributed by atoms with Gasteiger partial charge in [-0.15, -0.1) is 0 Å². The molecule has 6 nitrogen and oxygen atoms in total. The first-order chi connectivity index (χ1) is 12.2. The lowest BCUT2D eigenvalue weighted by Crippen LogP contribution is -2.09. The normalized spacial score (nSPS) is 11.3. The molecule has 10 heteroatoms. The van der Waals surface area contributed by atoms with Crippen molar-refractivity contribution in [3.05, 3.63) is 46.1 Å². The molecule has 0 atom stereocenters. The Morgan fingerprint density at radius 2 is 1.92 bits per heavy atom. The highest BCUT2D eigenvalue weighted by atomic mass is 79.9. The monoisotopic (exact) mass is 428 g/mol. The van der Waals surface area contributed by atoms with Gasteiger partial charge in [-0.2, -0.15) is 0 Å². The maximum absolute atomic E-state index is 14.1. The Labute approximate surface area is 153 Å². The van der Waals surface area contributed by atoms with Crippen molar-refractivity contribution >= 4 is 44.4 Å². The molecular formula is C16H12BrF3N4O2. The van der Waals surface area contributed by atoms with Gasteiger partial charge < -0.3 is 15.0 Å². The molecule has 0 saturated heterocycles. The van der Waals surface area contributed by atoms with Crippen molar-refractivity contribution in [3.63, 3.8) is 0 Å². The molecule has 2 aromatic heterocycles. The summed E-state index contributed by atoms with van der Waals surface area (Å²) in [5, 5.41) is 11.5. The second-order valence-electron chi connectivity index (χ2n) is 5.75. The smallest absolute Gasteiger partial charge is 0.338 e. The molecule has 0 bridgehead atoms. The summed E-state index contributed by atoms with van der Waals surface area (Å²) in [6.07, 6.45) is 1.57. The van der Waals surface area contributed by atoms with Gasteiger partial charge in [-0.1, -0.05) is 0 Å². The third-order valence-electron chi connectivity index (χ3n) is 3.71. The lowest BCUT2D eigenvalue weighted by atomic mass is 10.1. The number of fused-ring (bicyclic) bond motifs is 1. The summed E-state index contributed by atoms with van der Waals surface area (Å²) in [6.45, 7) is 3.79. The molecular weight excluding hydrogens is 417 g/mol. The lowest BCUT2D eigenvalue weighted by Gasteiger charge is -2.14. The van der Waals surface area contributed by atoms with Gasteiger partial charge in [0, 0.05) is 6.04 Å². The fourth-order valence-electron chi connectivity index (χ4n) is 2.49. The first-order valence-electron chi connectivity index (χ1n) is 7.41. The SMILES string of the molecule is CC(C)n1cnc2cc(Br)nc(Nc3cc(C(=O)O)c(F)c(F)c3F)c21. The maximum atomic E-state index is 14.1. The van der Waals surface area contributed by atoms with Crippen LogP contribution in [0.5, 0.6) is 0 Å². The van der Waals surface area contributed by atoms with E-state index in [0.29, 0.717) is 21.7 Å². The second kappa shape index (κ2) is 6.60. The van der Waals surface area contributed by atoms with Crippen LogP contribution in [-0.4, -0.2) is 25.6 Å². The number of nitrogens with one attached hydrogen (secondary N) is 1. The van der Waals surface area contributed by atoms with Crippen molar-refractivity contribution in [3.8, 4) is 0 Å². The first-order valence-corrected chi connectivity index (χ1v) is 8.21. The van der Waals surface area contributed by atoms with Gasteiger partial charge in [0.25, 0.3) is 0 Å². The zero-order valence-electron chi connectivity index (χ0n) is 13.5. The minimum absolute atomic E-state index is 0.00657. The molecule has 2 heterocycles. The minimum Gasteiger partial charge on any atom is -0.478 e. The summed E-state index contributed by atoms with van der Waals surface area (Å²) in [6, 6.07) is 2.32. The standard InChI is InChI=1S/C16H12BrF3N4O2/c1-6(2)24-5-21-9-4-10(17)23-15(14(9)24)22-8-3-7(16(25)26)11(18)13(20)12(8)19/h3-6H,1-2H3,(H,22,23)(H,25,26). The van der Waals surface area contributed by atoms with Crippen molar-refractivity contribution < 1.29 is 23.1 Å². The van der Waals surface area contributed by atoms with E-state index in [0.717, 1.165) is 0 Å². The van der Waals surface area contributed by atoms with Gasteiger partial charge in [0.1, 0.15) is 15.7 Å². The number of benzene rings is 1. The van der Waals surface area contributed by atoms with E-state index in [1.165, 1.54) is 0 Å². The number of nitrogens with zero attached hydrogens (tertiary/aromatic N) is 3. The van der Waals surface area contributed by atoms with Gasteiger partial charge in [0.15, 0.2) is 23.3 Å². The zero-order chi connectivity index (χ0) is 19.2. The molecule has 136 valence electrons. The predicted octanol–water partition coefficient (Wildman–Crippen LogP) is 4.63. The molecule has 26 heavy (non-hydrogen) atoms. The largest absolute Gasteiger partial charge is 0.478 e. The van der Waals surface area contributed by atoms with Crippen LogP contribution in [0.4, 0.5) is 24.7 Å². The van der Waals surface area contributed by atoms with Crippen molar-refractivity contribution in [2.75, 3.05) is 5.32 Å². The van der Waals surface area contributed by atoms with E-state index in [-0.39, 0.29) is 11.9 Å². The fraction of sp³-hybridized carbons (Fsp3) is 0.188. The van der Waals surface area contributed by atoms with Crippen LogP contribution in [0.1, 0.15) is 30.2 Å². The molecule has 0 aliphatic rings. The van der Waals surface area contributed by atoms with Gasteiger partial charge >= 0.3 is 5.97 Å². The van der Waals surface area contributed by atoms with Crippen LogP contribution >= 0.6 is 15.9 Å². The number of carboxylic acids is 1. The van der Waals surface area contributed by atoms with Crippen LogP contribution in [-0.2, 0) is 0 Å². The molecule has 3 aromatic rings. The highest BCUT2D eigenvalue weighted by Gasteiger charge is 2.24. The quantitative estimate of drug-likeness (QED) is 0.467. The summed E-state index contributed by atoms with van der Waals surface area (Å²) in [7, 11) is 0. The number of anilines is 2. The number of aromatic carboxylic acids is 1. The summed E-state index contributed by atoms with van der Waals surface area (Å²) in [4.78, 5) is 19.5. The highest BCUT2D eigenvalue weighted by Crippen LogP contribution is 2.31. The lowest BCUT2D eigenvalue weighted by molar-refractivity contribution is 0.0690. The van der Waals surface area contributed by atoms with Crippen molar-refractivity contribution in [1.82, 2.24) is 14.5 Å². The summed E-state index contributed by atoms with van der Waals surface area (Å²) in [5.41, 5.74) is -0.506. The van der Waals surface area contributed by atoms with E-state index < -0.39 is 34.7 Å². The molecule has 0 unspecified atom stereocenters. The Balaban J connectivity index is 2.21. The molecule has 0 aliphatic heterocycles. The van der Waals surface area contributed by atoms with E-state index in [4.69, 9.17) is 5.11 Å². The highest BCUT2D eigenvalue weighted by molar-refractivity contribution is 9.10. The molecule has 0 fully saturated rings. The van der Waals surface area contributed by atoms with E-state index in [1.54, 1.807) is 17.0 Å². The van der Waals surface area contributed by atoms with Gasteiger partial charge in [0.05, 0.1) is 17.5 Å². The third-order valence-corrected chi connectivity index (χ3v) is 4.11. The molecule has 0 amide bonds. The number of hydrogen-bond acceptors (Lipinski definition) is 4. The van der Waals surface area contributed by atoms with Gasteiger partial charge in [-0.05, 0) is 41.9 Å².